The number of nitrogens with one attached hydrogen (secondary N) is 1. The first-order valence-corrected chi connectivity index (χ1v) is 5.63. The van der Waals surface area contributed by atoms with E-state index in [2.05, 4.69) is 11.4 Å². The predicted octanol–water partition coefficient (Wildman–Crippen LogP) is 1.35. The quantitative estimate of drug-likeness (QED) is 0.873. The molecule has 0 spiro atoms. The van der Waals surface area contributed by atoms with Gasteiger partial charge in [-0.2, -0.15) is 0 Å². The Morgan fingerprint density at radius 2 is 2.40 bits per heavy atom. The van der Waals surface area contributed by atoms with E-state index < -0.39 is 0 Å². The maximum Gasteiger partial charge on any atom is 0.228 e. The van der Waals surface area contributed by atoms with Gasteiger partial charge in [0.2, 0.25) is 5.91 Å². The highest BCUT2D eigenvalue weighted by Crippen LogP contribution is 2.14. The van der Waals surface area contributed by atoms with E-state index in [1.54, 1.807) is 11.3 Å². The minimum Gasteiger partial charge on any atom is -0.340 e. The molecular formula is C10H15ClN2OS. The molecule has 5 heteroatoms. The standard InChI is InChI=1S/C10H14N2OS.ClH/c1-12(7-9-3-2-4-14-9)10(13)8-5-11-6-8;/h2-4,8,11H,5-7H2,1H3;1H. The molecule has 0 unspecified atom stereocenters. The van der Waals surface area contributed by atoms with Gasteiger partial charge in [-0.1, -0.05) is 6.07 Å². The second kappa shape index (κ2) is 5.49. The summed E-state index contributed by atoms with van der Waals surface area (Å²) in [7, 11) is 1.88. The molecule has 1 fully saturated rings. The summed E-state index contributed by atoms with van der Waals surface area (Å²) in [6.07, 6.45) is 0. The van der Waals surface area contributed by atoms with Gasteiger partial charge in [-0.05, 0) is 11.4 Å². The van der Waals surface area contributed by atoms with Crippen molar-refractivity contribution in [1.29, 1.82) is 0 Å². The molecule has 2 heterocycles. The minimum atomic E-state index is 0. The van der Waals surface area contributed by atoms with Crippen LogP contribution < -0.4 is 5.32 Å². The van der Waals surface area contributed by atoms with Crippen LogP contribution in [0.1, 0.15) is 4.88 Å². The largest absolute Gasteiger partial charge is 0.340 e. The number of halogens is 1. The zero-order valence-electron chi connectivity index (χ0n) is 8.60. The summed E-state index contributed by atoms with van der Waals surface area (Å²) in [6.45, 7) is 2.42. The highest BCUT2D eigenvalue weighted by atomic mass is 35.5. The first-order chi connectivity index (χ1) is 6.77. The fourth-order valence-corrected chi connectivity index (χ4v) is 2.25. The van der Waals surface area contributed by atoms with Gasteiger partial charge in [0.15, 0.2) is 0 Å². The van der Waals surface area contributed by atoms with Gasteiger partial charge in [-0.25, -0.2) is 0 Å². The van der Waals surface area contributed by atoms with Gasteiger partial charge in [-0.3, -0.25) is 4.79 Å². The van der Waals surface area contributed by atoms with Crippen LogP contribution in [0, 0.1) is 5.92 Å². The summed E-state index contributed by atoms with van der Waals surface area (Å²) in [5, 5.41) is 5.15. The smallest absolute Gasteiger partial charge is 0.228 e. The first kappa shape index (κ1) is 12.5. The summed E-state index contributed by atoms with van der Waals surface area (Å²) < 4.78 is 0. The normalized spacial score (nSPS) is 15.3. The second-order valence-electron chi connectivity index (χ2n) is 3.63. The summed E-state index contributed by atoms with van der Waals surface area (Å²) >= 11 is 1.70. The minimum absolute atomic E-state index is 0. The molecule has 1 aromatic heterocycles. The third-order valence-electron chi connectivity index (χ3n) is 2.48. The van der Waals surface area contributed by atoms with Crippen LogP contribution in [0.5, 0.6) is 0 Å². The number of rotatable bonds is 3. The van der Waals surface area contributed by atoms with E-state index >= 15 is 0 Å². The summed E-state index contributed by atoms with van der Waals surface area (Å²) in [4.78, 5) is 14.8. The molecule has 0 atom stereocenters. The molecule has 1 saturated heterocycles. The Hall–Kier alpha value is -0.580. The molecule has 1 aromatic rings. The number of amides is 1. The van der Waals surface area contributed by atoms with Crippen LogP contribution in [-0.2, 0) is 11.3 Å². The van der Waals surface area contributed by atoms with Crippen LogP contribution in [0.3, 0.4) is 0 Å². The van der Waals surface area contributed by atoms with Crippen molar-refractivity contribution in [3.63, 3.8) is 0 Å². The van der Waals surface area contributed by atoms with Crippen molar-refractivity contribution in [2.75, 3.05) is 20.1 Å². The van der Waals surface area contributed by atoms with Crippen LogP contribution in [0.25, 0.3) is 0 Å². The first-order valence-electron chi connectivity index (χ1n) is 4.75. The Balaban J connectivity index is 0.00000112. The van der Waals surface area contributed by atoms with Crippen molar-refractivity contribution in [3.8, 4) is 0 Å². The van der Waals surface area contributed by atoms with Gasteiger partial charge in [-0.15, -0.1) is 23.7 Å². The Morgan fingerprint density at radius 1 is 1.67 bits per heavy atom. The zero-order chi connectivity index (χ0) is 9.97. The third-order valence-corrected chi connectivity index (χ3v) is 3.34. The van der Waals surface area contributed by atoms with Crippen LogP contribution in [0.4, 0.5) is 0 Å². The monoisotopic (exact) mass is 246 g/mol. The van der Waals surface area contributed by atoms with Crippen LogP contribution in [0.15, 0.2) is 17.5 Å². The fraction of sp³-hybridized carbons (Fsp3) is 0.500. The van der Waals surface area contributed by atoms with Gasteiger partial charge in [0.25, 0.3) is 0 Å². The van der Waals surface area contributed by atoms with Gasteiger partial charge in [0.1, 0.15) is 0 Å². The maximum absolute atomic E-state index is 11.7. The molecule has 3 nitrogen and oxygen atoms in total. The SMILES string of the molecule is CN(Cc1cccs1)C(=O)C1CNC1.Cl. The lowest BCUT2D eigenvalue weighted by molar-refractivity contribution is -0.136. The van der Waals surface area contributed by atoms with E-state index in [4.69, 9.17) is 0 Å². The molecule has 1 amide bonds. The lowest BCUT2D eigenvalue weighted by Gasteiger charge is -2.30. The second-order valence-corrected chi connectivity index (χ2v) is 4.66. The fourth-order valence-electron chi connectivity index (χ4n) is 1.49. The Morgan fingerprint density at radius 3 is 2.87 bits per heavy atom. The number of thiophene rings is 1. The van der Waals surface area contributed by atoms with Gasteiger partial charge in [0.05, 0.1) is 12.5 Å². The van der Waals surface area contributed by atoms with E-state index in [1.165, 1.54) is 4.88 Å². The molecule has 1 N–H and O–H groups in total. The van der Waals surface area contributed by atoms with Crippen molar-refractivity contribution >= 4 is 29.7 Å². The van der Waals surface area contributed by atoms with Crippen molar-refractivity contribution < 1.29 is 4.79 Å². The summed E-state index contributed by atoms with van der Waals surface area (Å²) in [5.41, 5.74) is 0. The lowest BCUT2D eigenvalue weighted by Crippen LogP contribution is -2.50. The number of hydrogen-bond donors (Lipinski definition) is 1. The average molecular weight is 247 g/mol. The Kier molecular flexibility index (Phi) is 4.57. The van der Waals surface area contributed by atoms with E-state index in [-0.39, 0.29) is 24.2 Å². The number of carbonyl (C=O) groups is 1. The molecule has 0 radical (unpaired) electrons. The Labute approximate surface area is 99.9 Å². The molecule has 15 heavy (non-hydrogen) atoms. The molecular weight excluding hydrogens is 232 g/mol. The molecule has 1 aliphatic rings. The van der Waals surface area contributed by atoms with Crippen molar-refractivity contribution in [2.24, 2.45) is 5.92 Å². The topological polar surface area (TPSA) is 32.3 Å². The lowest BCUT2D eigenvalue weighted by atomic mass is 10.0. The van der Waals surface area contributed by atoms with Gasteiger partial charge >= 0.3 is 0 Å². The van der Waals surface area contributed by atoms with Gasteiger partial charge < -0.3 is 10.2 Å². The zero-order valence-corrected chi connectivity index (χ0v) is 10.2. The summed E-state index contributed by atoms with van der Waals surface area (Å²) in [6, 6.07) is 4.08. The third kappa shape index (κ3) is 2.93. The molecule has 0 aromatic carbocycles. The molecule has 0 saturated carbocycles. The molecule has 2 rings (SSSR count). The number of hydrogen-bond acceptors (Lipinski definition) is 3. The van der Waals surface area contributed by atoms with Crippen LogP contribution in [0.2, 0.25) is 0 Å². The molecule has 0 bridgehead atoms. The van der Waals surface area contributed by atoms with Crippen LogP contribution >= 0.6 is 23.7 Å². The van der Waals surface area contributed by atoms with Gasteiger partial charge in [0, 0.05) is 25.0 Å². The molecule has 1 aliphatic heterocycles. The molecule has 0 aliphatic carbocycles. The maximum atomic E-state index is 11.7. The number of nitrogens with zero attached hydrogens (tertiary/aromatic N) is 1. The van der Waals surface area contributed by atoms with E-state index in [0.29, 0.717) is 0 Å². The highest BCUT2D eigenvalue weighted by Gasteiger charge is 2.27. The van der Waals surface area contributed by atoms with Crippen LogP contribution in [-0.4, -0.2) is 30.9 Å². The number of carbonyl (C=O) groups excluding carboxylic acids is 1. The molecule has 84 valence electrons. The van der Waals surface area contributed by atoms with Crippen molar-refractivity contribution in [3.05, 3.63) is 22.4 Å². The van der Waals surface area contributed by atoms with E-state index in [1.807, 2.05) is 23.4 Å². The van der Waals surface area contributed by atoms with E-state index in [0.717, 1.165) is 19.6 Å². The Bertz CT molecular complexity index is 311. The van der Waals surface area contributed by atoms with Crippen molar-refractivity contribution in [2.45, 2.75) is 6.54 Å². The van der Waals surface area contributed by atoms with Crippen molar-refractivity contribution in [1.82, 2.24) is 10.2 Å². The summed E-state index contributed by atoms with van der Waals surface area (Å²) in [5.74, 6) is 0.470. The highest BCUT2D eigenvalue weighted by molar-refractivity contribution is 7.09. The average Bonchev–Trinajstić information content (AvgIpc) is 2.53. The predicted molar refractivity (Wildman–Crippen MR) is 64.4 cm³/mol. The van der Waals surface area contributed by atoms with E-state index in [9.17, 15) is 4.79 Å².